The van der Waals surface area contributed by atoms with Crippen molar-refractivity contribution in [2.24, 2.45) is 0 Å². The van der Waals surface area contributed by atoms with Crippen molar-refractivity contribution in [3.8, 4) is 6.07 Å². The summed E-state index contributed by atoms with van der Waals surface area (Å²) in [7, 11) is 1.35. The summed E-state index contributed by atoms with van der Waals surface area (Å²) in [6.45, 7) is 0. The Bertz CT molecular complexity index is 443. The van der Waals surface area contributed by atoms with E-state index in [1.165, 1.54) is 31.0 Å². The molecule has 90 valence electrons. The van der Waals surface area contributed by atoms with Crippen molar-refractivity contribution >= 4 is 17.7 Å². The van der Waals surface area contributed by atoms with Crippen LogP contribution in [0.4, 0.5) is 4.39 Å². The molecule has 0 saturated carbocycles. The molecule has 0 unspecified atom stereocenters. The number of nitrogens with zero attached hydrogens (tertiary/aromatic N) is 1. The van der Waals surface area contributed by atoms with Crippen LogP contribution in [0.1, 0.15) is 17.5 Å². The van der Waals surface area contributed by atoms with Gasteiger partial charge in [0.2, 0.25) is 0 Å². The second-order valence-electron chi connectivity index (χ2n) is 3.34. The van der Waals surface area contributed by atoms with Crippen molar-refractivity contribution in [2.45, 2.75) is 12.2 Å². The largest absolute Gasteiger partial charge is 0.469 e. The van der Waals surface area contributed by atoms with Gasteiger partial charge < -0.3 is 4.74 Å². The second-order valence-corrected chi connectivity index (χ2v) is 4.44. The van der Waals surface area contributed by atoms with E-state index < -0.39 is 5.82 Å². The number of hydrogen-bond donors (Lipinski definition) is 0. The van der Waals surface area contributed by atoms with Gasteiger partial charge in [-0.3, -0.25) is 4.79 Å². The molecule has 0 bridgehead atoms. The van der Waals surface area contributed by atoms with Crippen LogP contribution in [-0.4, -0.2) is 18.8 Å². The van der Waals surface area contributed by atoms with Gasteiger partial charge in [0.25, 0.3) is 0 Å². The van der Waals surface area contributed by atoms with Crippen molar-refractivity contribution in [2.75, 3.05) is 12.9 Å². The van der Waals surface area contributed by atoms with Crippen LogP contribution in [-0.2, 0) is 15.3 Å². The normalized spacial score (nSPS) is 9.71. The summed E-state index contributed by atoms with van der Waals surface area (Å²) >= 11 is 1.50. The first-order chi connectivity index (χ1) is 8.15. The molecule has 0 aliphatic carbocycles. The van der Waals surface area contributed by atoms with Crippen LogP contribution in [0.5, 0.6) is 0 Å². The molecule has 0 radical (unpaired) electrons. The average molecular weight is 253 g/mol. The van der Waals surface area contributed by atoms with Gasteiger partial charge >= 0.3 is 5.97 Å². The number of halogens is 1. The van der Waals surface area contributed by atoms with E-state index in [1.807, 2.05) is 6.07 Å². The van der Waals surface area contributed by atoms with Gasteiger partial charge in [-0.05, 0) is 23.8 Å². The molecule has 0 aliphatic rings. The Morgan fingerprint density at radius 3 is 2.94 bits per heavy atom. The molecule has 1 rings (SSSR count). The zero-order chi connectivity index (χ0) is 12.7. The smallest absolute Gasteiger partial charge is 0.306 e. The summed E-state index contributed by atoms with van der Waals surface area (Å²) in [6.07, 6.45) is 0.335. The molecule has 0 spiro atoms. The Morgan fingerprint density at radius 2 is 2.29 bits per heavy atom. The molecule has 1 aromatic carbocycles. The van der Waals surface area contributed by atoms with Crippen LogP contribution in [0, 0.1) is 17.1 Å². The summed E-state index contributed by atoms with van der Waals surface area (Å²) in [5.41, 5.74) is 1.06. The highest BCUT2D eigenvalue weighted by Crippen LogP contribution is 2.16. The second kappa shape index (κ2) is 6.92. The van der Waals surface area contributed by atoms with Crippen LogP contribution < -0.4 is 0 Å². The zero-order valence-electron chi connectivity index (χ0n) is 9.40. The highest BCUT2D eigenvalue weighted by Gasteiger charge is 2.03. The summed E-state index contributed by atoms with van der Waals surface area (Å²) in [5, 5.41) is 8.68. The number of rotatable bonds is 5. The Labute approximate surface area is 104 Å². The van der Waals surface area contributed by atoms with Gasteiger partial charge in [-0.1, -0.05) is 0 Å². The topological polar surface area (TPSA) is 50.1 Å². The fourth-order valence-electron chi connectivity index (χ4n) is 1.25. The van der Waals surface area contributed by atoms with E-state index in [2.05, 4.69) is 4.74 Å². The van der Waals surface area contributed by atoms with Gasteiger partial charge in [-0.15, -0.1) is 0 Å². The lowest BCUT2D eigenvalue weighted by Crippen LogP contribution is -2.01. The van der Waals surface area contributed by atoms with E-state index >= 15 is 0 Å². The Morgan fingerprint density at radius 1 is 1.53 bits per heavy atom. The van der Waals surface area contributed by atoms with Crippen LogP contribution in [0.15, 0.2) is 18.2 Å². The SMILES string of the molecule is COC(=O)CCSCc1cc(F)cc(C#N)c1. The molecule has 0 N–H and O–H groups in total. The maximum absolute atomic E-state index is 13.1. The van der Waals surface area contributed by atoms with Crippen LogP contribution >= 0.6 is 11.8 Å². The van der Waals surface area contributed by atoms with E-state index in [0.29, 0.717) is 23.5 Å². The van der Waals surface area contributed by atoms with Crippen molar-refractivity contribution in [3.63, 3.8) is 0 Å². The highest BCUT2D eigenvalue weighted by atomic mass is 32.2. The molecule has 0 heterocycles. The van der Waals surface area contributed by atoms with Gasteiger partial charge in [0, 0.05) is 11.5 Å². The molecular formula is C12H12FNO2S. The molecule has 17 heavy (non-hydrogen) atoms. The third-order valence-electron chi connectivity index (χ3n) is 2.03. The lowest BCUT2D eigenvalue weighted by molar-refractivity contribution is -0.140. The third-order valence-corrected chi connectivity index (χ3v) is 3.06. The van der Waals surface area contributed by atoms with Gasteiger partial charge in [0.15, 0.2) is 0 Å². The van der Waals surface area contributed by atoms with Gasteiger partial charge in [0.1, 0.15) is 5.82 Å². The van der Waals surface area contributed by atoms with Gasteiger partial charge in [0.05, 0.1) is 25.2 Å². The lowest BCUT2D eigenvalue weighted by Gasteiger charge is -2.02. The molecule has 0 amide bonds. The number of methoxy groups -OCH3 is 1. The molecule has 5 heteroatoms. The first-order valence-electron chi connectivity index (χ1n) is 5.00. The fraction of sp³-hybridized carbons (Fsp3) is 0.333. The molecule has 0 atom stereocenters. The van der Waals surface area contributed by atoms with Gasteiger partial charge in [-0.2, -0.15) is 17.0 Å². The van der Waals surface area contributed by atoms with E-state index in [0.717, 1.165) is 5.56 Å². The molecule has 0 aliphatic heterocycles. The molecule has 1 aromatic rings. The number of carbonyl (C=O) groups is 1. The monoisotopic (exact) mass is 253 g/mol. The molecule has 0 aromatic heterocycles. The maximum atomic E-state index is 13.1. The summed E-state index contributed by atoms with van der Waals surface area (Å²) in [4.78, 5) is 10.8. The van der Waals surface area contributed by atoms with Crippen molar-refractivity contribution in [1.82, 2.24) is 0 Å². The fourth-order valence-corrected chi connectivity index (χ4v) is 2.10. The zero-order valence-corrected chi connectivity index (χ0v) is 10.2. The van der Waals surface area contributed by atoms with Crippen molar-refractivity contribution in [3.05, 3.63) is 35.1 Å². The molecule has 0 fully saturated rings. The number of esters is 1. The van der Waals surface area contributed by atoms with Crippen LogP contribution in [0.3, 0.4) is 0 Å². The molecule has 3 nitrogen and oxygen atoms in total. The quantitative estimate of drug-likeness (QED) is 0.597. The number of benzene rings is 1. The highest BCUT2D eigenvalue weighted by molar-refractivity contribution is 7.98. The Balaban J connectivity index is 2.44. The predicted molar refractivity (Wildman–Crippen MR) is 63.9 cm³/mol. The predicted octanol–water partition coefficient (Wildman–Crippen LogP) is 2.49. The minimum Gasteiger partial charge on any atom is -0.469 e. The Hall–Kier alpha value is -1.54. The van der Waals surface area contributed by atoms with E-state index in [4.69, 9.17) is 5.26 Å². The first-order valence-corrected chi connectivity index (χ1v) is 6.15. The first kappa shape index (κ1) is 13.5. The summed E-state index contributed by atoms with van der Waals surface area (Å²) in [6, 6.07) is 6.14. The minimum atomic E-state index is -0.410. The van der Waals surface area contributed by atoms with Crippen LogP contribution in [0.25, 0.3) is 0 Å². The number of hydrogen-bond acceptors (Lipinski definition) is 4. The van der Waals surface area contributed by atoms with Crippen molar-refractivity contribution < 1.29 is 13.9 Å². The van der Waals surface area contributed by atoms with Crippen LogP contribution in [0.2, 0.25) is 0 Å². The number of carbonyl (C=O) groups excluding carboxylic acids is 1. The minimum absolute atomic E-state index is 0.255. The average Bonchev–Trinajstić information content (AvgIpc) is 2.33. The lowest BCUT2D eigenvalue weighted by atomic mass is 10.1. The molecule has 0 saturated heterocycles. The van der Waals surface area contributed by atoms with Crippen molar-refractivity contribution in [1.29, 1.82) is 5.26 Å². The number of nitriles is 1. The van der Waals surface area contributed by atoms with Gasteiger partial charge in [-0.25, -0.2) is 4.39 Å². The number of ether oxygens (including phenoxy) is 1. The summed E-state index contributed by atoms with van der Waals surface area (Å²) in [5.74, 6) is 0.524. The van der Waals surface area contributed by atoms with E-state index in [-0.39, 0.29) is 5.97 Å². The van der Waals surface area contributed by atoms with E-state index in [9.17, 15) is 9.18 Å². The Kier molecular flexibility index (Phi) is 5.50. The van der Waals surface area contributed by atoms with E-state index in [1.54, 1.807) is 6.07 Å². The molecular weight excluding hydrogens is 241 g/mol. The number of thioether (sulfide) groups is 1. The maximum Gasteiger partial charge on any atom is 0.306 e. The summed E-state index contributed by atoms with van der Waals surface area (Å²) < 4.78 is 17.6. The third kappa shape index (κ3) is 4.87. The standard InChI is InChI=1S/C12H12FNO2S/c1-16-12(15)2-3-17-8-10-4-9(7-14)5-11(13)6-10/h4-6H,2-3,8H2,1H3.